The Morgan fingerprint density at radius 2 is 1.69 bits per heavy atom. The lowest BCUT2D eigenvalue weighted by Crippen LogP contribution is -2.62. The SMILES string of the molecule is Clc1ccc(CN=C2N(C3CC3)c3cc(Cl)c(Cl)cc3NC23CCNCC3)cc1. The molecule has 0 radical (unpaired) electrons. The van der Waals surface area contributed by atoms with E-state index < -0.39 is 0 Å². The molecule has 2 heterocycles. The van der Waals surface area contributed by atoms with Gasteiger partial charge in [-0.15, -0.1) is 0 Å². The number of amidine groups is 1. The fourth-order valence-electron chi connectivity index (χ4n) is 4.38. The average molecular weight is 450 g/mol. The smallest absolute Gasteiger partial charge is 0.130 e. The quantitative estimate of drug-likeness (QED) is 0.625. The molecule has 3 aliphatic rings. The molecule has 1 spiro atoms. The number of aliphatic imine (C=N–C) groups is 1. The Morgan fingerprint density at radius 1 is 1.00 bits per heavy atom. The van der Waals surface area contributed by atoms with Crippen molar-refractivity contribution >= 4 is 52.0 Å². The molecule has 1 saturated heterocycles. The lowest BCUT2D eigenvalue weighted by atomic mass is 9.83. The van der Waals surface area contributed by atoms with E-state index in [1.807, 2.05) is 36.4 Å². The molecule has 0 atom stereocenters. The van der Waals surface area contributed by atoms with E-state index >= 15 is 0 Å². The fourth-order valence-corrected chi connectivity index (χ4v) is 4.83. The molecule has 5 rings (SSSR count). The topological polar surface area (TPSA) is 39.7 Å². The maximum Gasteiger partial charge on any atom is 0.130 e. The number of nitrogens with zero attached hydrogens (tertiary/aromatic N) is 2. The van der Waals surface area contributed by atoms with Gasteiger partial charge in [0.2, 0.25) is 0 Å². The van der Waals surface area contributed by atoms with Crippen molar-refractivity contribution in [3.63, 3.8) is 0 Å². The third kappa shape index (κ3) is 3.72. The molecule has 0 amide bonds. The number of fused-ring (bicyclic) bond motifs is 1. The van der Waals surface area contributed by atoms with E-state index in [-0.39, 0.29) is 5.54 Å². The molecule has 7 heteroatoms. The van der Waals surface area contributed by atoms with E-state index in [2.05, 4.69) is 15.5 Å². The van der Waals surface area contributed by atoms with Gasteiger partial charge in [0.1, 0.15) is 5.84 Å². The van der Waals surface area contributed by atoms with Crippen LogP contribution < -0.4 is 15.5 Å². The summed E-state index contributed by atoms with van der Waals surface area (Å²) < 4.78 is 0. The molecule has 1 aliphatic carbocycles. The zero-order valence-electron chi connectivity index (χ0n) is 16.0. The van der Waals surface area contributed by atoms with Crippen LogP contribution in [0.25, 0.3) is 0 Å². The van der Waals surface area contributed by atoms with Gasteiger partial charge < -0.3 is 15.5 Å². The third-order valence-electron chi connectivity index (χ3n) is 6.02. The highest BCUT2D eigenvalue weighted by Crippen LogP contribution is 2.47. The molecule has 2 N–H and O–H groups in total. The number of benzene rings is 2. The first kappa shape index (κ1) is 19.5. The van der Waals surface area contributed by atoms with Crippen LogP contribution in [-0.2, 0) is 6.54 Å². The van der Waals surface area contributed by atoms with Crippen molar-refractivity contribution < 1.29 is 0 Å². The molecule has 0 bridgehead atoms. The summed E-state index contributed by atoms with van der Waals surface area (Å²) >= 11 is 18.8. The molecule has 0 aromatic heterocycles. The second kappa shape index (κ2) is 7.66. The zero-order valence-corrected chi connectivity index (χ0v) is 18.3. The van der Waals surface area contributed by atoms with Gasteiger partial charge in [-0.2, -0.15) is 0 Å². The second-order valence-corrected chi connectivity index (χ2v) is 9.36. The second-order valence-electron chi connectivity index (χ2n) is 8.11. The summed E-state index contributed by atoms with van der Waals surface area (Å²) in [6.07, 6.45) is 4.31. The van der Waals surface area contributed by atoms with E-state index in [1.165, 1.54) is 12.8 Å². The van der Waals surface area contributed by atoms with Gasteiger partial charge in [0, 0.05) is 11.1 Å². The average Bonchev–Trinajstić information content (AvgIpc) is 3.55. The van der Waals surface area contributed by atoms with Crippen LogP contribution in [0.5, 0.6) is 0 Å². The number of halogens is 3. The Morgan fingerprint density at radius 3 is 2.38 bits per heavy atom. The highest BCUT2D eigenvalue weighted by molar-refractivity contribution is 6.42. The lowest BCUT2D eigenvalue weighted by Gasteiger charge is -2.49. The minimum atomic E-state index is -0.190. The van der Waals surface area contributed by atoms with Crippen LogP contribution in [0.15, 0.2) is 41.4 Å². The molecular weight excluding hydrogens is 427 g/mol. The highest BCUT2D eigenvalue weighted by Gasteiger charge is 2.48. The van der Waals surface area contributed by atoms with Crippen molar-refractivity contribution in [2.24, 2.45) is 4.99 Å². The van der Waals surface area contributed by atoms with Crippen LogP contribution in [0.1, 0.15) is 31.2 Å². The van der Waals surface area contributed by atoms with Gasteiger partial charge in [-0.05, 0) is 68.6 Å². The molecule has 4 nitrogen and oxygen atoms in total. The van der Waals surface area contributed by atoms with Gasteiger partial charge >= 0.3 is 0 Å². The van der Waals surface area contributed by atoms with Crippen molar-refractivity contribution in [3.05, 3.63) is 57.0 Å². The van der Waals surface area contributed by atoms with Crippen molar-refractivity contribution in [3.8, 4) is 0 Å². The molecule has 2 aromatic rings. The zero-order chi connectivity index (χ0) is 20.0. The Bertz CT molecular complexity index is 947. The summed E-state index contributed by atoms with van der Waals surface area (Å²) in [6, 6.07) is 12.4. The van der Waals surface area contributed by atoms with Crippen LogP contribution in [0.4, 0.5) is 11.4 Å². The van der Waals surface area contributed by atoms with E-state index in [0.29, 0.717) is 22.6 Å². The van der Waals surface area contributed by atoms with Gasteiger partial charge in [-0.25, -0.2) is 0 Å². The van der Waals surface area contributed by atoms with Crippen molar-refractivity contribution in [2.75, 3.05) is 23.3 Å². The molecule has 152 valence electrons. The van der Waals surface area contributed by atoms with Gasteiger partial charge in [0.05, 0.1) is 33.5 Å². The summed E-state index contributed by atoms with van der Waals surface area (Å²) in [5.74, 6) is 1.13. The number of anilines is 2. The molecule has 2 aliphatic heterocycles. The number of piperidine rings is 1. The molecule has 29 heavy (non-hydrogen) atoms. The van der Waals surface area contributed by atoms with Crippen LogP contribution in [-0.4, -0.2) is 30.5 Å². The predicted octanol–water partition coefficient (Wildman–Crippen LogP) is 5.76. The monoisotopic (exact) mass is 448 g/mol. The van der Waals surface area contributed by atoms with Crippen LogP contribution >= 0.6 is 34.8 Å². The van der Waals surface area contributed by atoms with E-state index in [4.69, 9.17) is 39.8 Å². The highest BCUT2D eigenvalue weighted by atomic mass is 35.5. The van der Waals surface area contributed by atoms with Gasteiger partial charge in [0.15, 0.2) is 0 Å². The minimum Gasteiger partial charge on any atom is -0.371 e. The molecular formula is C22H23Cl3N4. The summed E-state index contributed by atoms with van der Waals surface area (Å²) in [5, 5.41) is 9.21. The predicted molar refractivity (Wildman–Crippen MR) is 123 cm³/mol. The van der Waals surface area contributed by atoms with Crippen molar-refractivity contribution in [1.82, 2.24) is 5.32 Å². The van der Waals surface area contributed by atoms with E-state index in [1.54, 1.807) is 0 Å². The Balaban J connectivity index is 1.60. The standard InChI is InChI=1S/C22H23Cl3N4/c23-15-3-1-14(2-4-15)13-27-21-22(7-9-26-10-8-22)28-19-11-17(24)18(25)12-20(19)29(21)16-5-6-16/h1-4,11-12,16,26,28H,5-10,13H2. The van der Waals surface area contributed by atoms with Crippen LogP contribution in [0, 0.1) is 0 Å². The molecule has 2 aromatic carbocycles. The van der Waals surface area contributed by atoms with Gasteiger partial charge in [0.25, 0.3) is 0 Å². The van der Waals surface area contributed by atoms with E-state index in [0.717, 1.165) is 53.7 Å². The van der Waals surface area contributed by atoms with Crippen LogP contribution in [0.2, 0.25) is 15.1 Å². The molecule has 0 unspecified atom stereocenters. The first-order valence-electron chi connectivity index (χ1n) is 10.1. The van der Waals surface area contributed by atoms with Gasteiger partial charge in [-0.3, -0.25) is 4.99 Å². The lowest BCUT2D eigenvalue weighted by molar-refractivity contribution is 0.414. The Hall–Kier alpha value is -1.46. The first-order valence-corrected chi connectivity index (χ1v) is 11.3. The summed E-state index contributed by atoms with van der Waals surface area (Å²) in [4.78, 5) is 7.61. The van der Waals surface area contributed by atoms with Gasteiger partial charge in [-0.1, -0.05) is 46.9 Å². The van der Waals surface area contributed by atoms with E-state index in [9.17, 15) is 0 Å². The summed E-state index contributed by atoms with van der Waals surface area (Å²) in [6.45, 7) is 2.55. The summed E-state index contributed by atoms with van der Waals surface area (Å²) in [7, 11) is 0. The minimum absolute atomic E-state index is 0.190. The number of hydrogen-bond acceptors (Lipinski definition) is 3. The largest absolute Gasteiger partial charge is 0.371 e. The van der Waals surface area contributed by atoms with Crippen molar-refractivity contribution in [1.29, 1.82) is 0 Å². The fraction of sp³-hybridized carbons (Fsp3) is 0.409. The first-order chi connectivity index (χ1) is 14.1. The number of rotatable bonds is 3. The third-order valence-corrected chi connectivity index (χ3v) is 7.00. The Kier molecular flexibility index (Phi) is 5.15. The van der Waals surface area contributed by atoms with Crippen molar-refractivity contribution in [2.45, 2.75) is 43.8 Å². The normalized spacial score (nSPS) is 21.9. The maximum absolute atomic E-state index is 6.40. The summed E-state index contributed by atoms with van der Waals surface area (Å²) in [5.41, 5.74) is 3.10. The maximum atomic E-state index is 6.40. The Labute approximate surface area is 186 Å². The van der Waals surface area contributed by atoms with Crippen LogP contribution in [0.3, 0.4) is 0 Å². The molecule has 2 fully saturated rings. The molecule has 1 saturated carbocycles. The number of nitrogens with one attached hydrogen (secondary N) is 2. The number of hydrogen-bond donors (Lipinski definition) is 2.